The van der Waals surface area contributed by atoms with Gasteiger partial charge in [0.05, 0.1) is 5.60 Å². The lowest BCUT2D eigenvalue weighted by molar-refractivity contribution is -0.134. The molecule has 1 unspecified atom stereocenters. The molecular formula is C15H30N2O2. The molecule has 1 fully saturated rings. The lowest BCUT2D eigenvalue weighted by Gasteiger charge is -2.31. The Balaban J connectivity index is 2.37. The Bertz CT molecular complexity index is 261. The van der Waals surface area contributed by atoms with Crippen LogP contribution >= 0.6 is 0 Å². The van der Waals surface area contributed by atoms with Crippen molar-refractivity contribution in [1.82, 2.24) is 5.32 Å². The first kappa shape index (κ1) is 16.4. The highest BCUT2D eigenvalue weighted by molar-refractivity contribution is 5.77. The third-order valence-electron chi connectivity index (χ3n) is 4.03. The summed E-state index contributed by atoms with van der Waals surface area (Å²) in [5, 5.41) is 2.97. The van der Waals surface area contributed by atoms with Crippen LogP contribution in [0.2, 0.25) is 0 Å². The fraction of sp³-hybridized carbons (Fsp3) is 0.933. The van der Waals surface area contributed by atoms with Crippen LogP contribution in [-0.4, -0.2) is 30.7 Å². The van der Waals surface area contributed by atoms with Crippen molar-refractivity contribution in [3.8, 4) is 0 Å². The van der Waals surface area contributed by atoms with Crippen LogP contribution in [0.15, 0.2) is 0 Å². The summed E-state index contributed by atoms with van der Waals surface area (Å²) in [7, 11) is 0. The molecule has 1 aliphatic rings. The molecule has 0 aromatic carbocycles. The summed E-state index contributed by atoms with van der Waals surface area (Å²) in [6.07, 6.45) is 8.89. The third-order valence-corrected chi connectivity index (χ3v) is 4.03. The van der Waals surface area contributed by atoms with Crippen LogP contribution in [0.3, 0.4) is 0 Å². The largest absolute Gasteiger partial charge is 0.364 e. The monoisotopic (exact) mass is 270 g/mol. The summed E-state index contributed by atoms with van der Waals surface area (Å²) in [4.78, 5) is 11.8. The average molecular weight is 270 g/mol. The summed E-state index contributed by atoms with van der Waals surface area (Å²) in [6, 6.07) is 0.226. The smallest absolute Gasteiger partial charge is 0.246 e. The summed E-state index contributed by atoms with van der Waals surface area (Å²) in [5.74, 6) is -0.0157. The second-order valence-corrected chi connectivity index (χ2v) is 5.85. The SMILES string of the molecule is CCCC(C)NC(=O)COC1(CN)CCCCCC1. The molecule has 1 atom stereocenters. The Morgan fingerprint density at radius 3 is 2.47 bits per heavy atom. The number of ether oxygens (including phenoxy) is 1. The number of hydrogen-bond acceptors (Lipinski definition) is 3. The summed E-state index contributed by atoms with van der Waals surface area (Å²) < 4.78 is 5.90. The zero-order chi connectivity index (χ0) is 14.1. The van der Waals surface area contributed by atoms with Crippen molar-refractivity contribution in [2.24, 2.45) is 5.73 Å². The molecule has 0 aliphatic heterocycles. The number of carbonyl (C=O) groups is 1. The van der Waals surface area contributed by atoms with E-state index in [0.717, 1.165) is 38.5 Å². The summed E-state index contributed by atoms with van der Waals surface area (Å²) >= 11 is 0. The number of carbonyl (C=O) groups excluding carboxylic acids is 1. The predicted octanol–water partition coefficient (Wildman–Crippen LogP) is 2.36. The van der Waals surface area contributed by atoms with E-state index in [-0.39, 0.29) is 24.2 Å². The van der Waals surface area contributed by atoms with Crippen molar-refractivity contribution < 1.29 is 9.53 Å². The van der Waals surface area contributed by atoms with Gasteiger partial charge in [0.25, 0.3) is 0 Å². The van der Waals surface area contributed by atoms with Gasteiger partial charge in [-0.3, -0.25) is 4.79 Å². The van der Waals surface area contributed by atoms with Gasteiger partial charge in [-0.25, -0.2) is 0 Å². The minimum Gasteiger partial charge on any atom is -0.364 e. The van der Waals surface area contributed by atoms with E-state index in [0.29, 0.717) is 6.54 Å². The van der Waals surface area contributed by atoms with Crippen molar-refractivity contribution in [2.45, 2.75) is 76.9 Å². The summed E-state index contributed by atoms with van der Waals surface area (Å²) in [6.45, 7) is 4.82. The maximum absolute atomic E-state index is 11.8. The summed E-state index contributed by atoms with van der Waals surface area (Å²) in [5.41, 5.74) is 5.62. The lowest BCUT2D eigenvalue weighted by Crippen LogP contribution is -2.44. The van der Waals surface area contributed by atoms with E-state index in [1.807, 2.05) is 6.92 Å². The molecule has 1 amide bonds. The first-order chi connectivity index (χ1) is 9.12. The van der Waals surface area contributed by atoms with Crippen LogP contribution in [0.25, 0.3) is 0 Å². The van der Waals surface area contributed by atoms with E-state index in [1.54, 1.807) is 0 Å². The lowest BCUT2D eigenvalue weighted by atomic mass is 9.94. The second-order valence-electron chi connectivity index (χ2n) is 5.85. The number of amides is 1. The molecule has 0 bridgehead atoms. The van der Waals surface area contributed by atoms with E-state index >= 15 is 0 Å². The highest BCUT2D eigenvalue weighted by Gasteiger charge is 2.31. The molecule has 0 radical (unpaired) electrons. The fourth-order valence-corrected chi connectivity index (χ4v) is 2.82. The number of nitrogens with one attached hydrogen (secondary N) is 1. The van der Waals surface area contributed by atoms with Crippen molar-refractivity contribution in [3.05, 3.63) is 0 Å². The fourth-order valence-electron chi connectivity index (χ4n) is 2.82. The zero-order valence-electron chi connectivity index (χ0n) is 12.5. The number of nitrogens with two attached hydrogens (primary N) is 1. The maximum Gasteiger partial charge on any atom is 0.246 e. The Morgan fingerprint density at radius 1 is 1.32 bits per heavy atom. The highest BCUT2D eigenvalue weighted by Crippen LogP contribution is 2.29. The molecule has 1 saturated carbocycles. The number of hydrogen-bond donors (Lipinski definition) is 2. The van der Waals surface area contributed by atoms with Gasteiger partial charge in [-0.1, -0.05) is 39.0 Å². The van der Waals surface area contributed by atoms with E-state index in [2.05, 4.69) is 12.2 Å². The molecule has 19 heavy (non-hydrogen) atoms. The minimum absolute atomic E-state index is 0.0157. The van der Waals surface area contributed by atoms with E-state index < -0.39 is 0 Å². The second kappa shape index (κ2) is 8.54. The van der Waals surface area contributed by atoms with E-state index in [9.17, 15) is 4.79 Å². The molecule has 1 aliphatic carbocycles. The van der Waals surface area contributed by atoms with Crippen LogP contribution in [0.5, 0.6) is 0 Å². The minimum atomic E-state index is -0.262. The van der Waals surface area contributed by atoms with Gasteiger partial charge in [-0.15, -0.1) is 0 Å². The van der Waals surface area contributed by atoms with Crippen molar-refractivity contribution in [3.63, 3.8) is 0 Å². The van der Waals surface area contributed by atoms with Gasteiger partial charge < -0.3 is 15.8 Å². The third kappa shape index (κ3) is 5.91. The first-order valence-electron chi connectivity index (χ1n) is 7.75. The van der Waals surface area contributed by atoms with Crippen LogP contribution in [0.4, 0.5) is 0 Å². The Kier molecular flexibility index (Phi) is 7.39. The molecule has 0 aromatic rings. The van der Waals surface area contributed by atoms with Crippen LogP contribution in [0, 0.1) is 0 Å². The highest BCUT2D eigenvalue weighted by atomic mass is 16.5. The van der Waals surface area contributed by atoms with Crippen molar-refractivity contribution in [1.29, 1.82) is 0 Å². The van der Waals surface area contributed by atoms with Crippen LogP contribution in [0.1, 0.15) is 65.2 Å². The van der Waals surface area contributed by atoms with Gasteiger partial charge in [-0.05, 0) is 26.2 Å². The molecule has 112 valence electrons. The predicted molar refractivity (Wildman–Crippen MR) is 78.0 cm³/mol. The number of rotatable bonds is 7. The molecule has 0 saturated heterocycles. The molecule has 0 heterocycles. The normalized spacial score (nSPS) is 20.6. The quantitative estimate of drug-likeness (QED) is 0.698. The molecule has 0 aromatic heterocycles. The Labute approximate surface area is 117 Å². The van der Waals surface area contributed by atoms with Gasteiger partial charge in [0.1, 0.15) is 6.61 Å². The van der Waals surface area contributed by atoms with Crippen LogP contribution in [-0.2, 0) is 9.53 Å². The van der Waals surface area contributed by atoms with Gasteiger partial charge in [0.15, 0.2) is 0 Å². The van der Waals surface area contributed by atoms with Gasteiger partial charge >= 0.3 is 0 Å². The Hall–Kier alpha value is -0.610. The van der Waals surface area contributed by atoms with Gasteiger partial charge in [0, 0.05) is 12.6 Å². The Morgan fingerprint density at radius 2 is 1.95 bits per heavy atom. The van der Waals surface area contributed by atoms with Crippen LogP contribution < -0.4 is 11.1 Å². The van der Waals surface area contributed by atoms with E-state index in [1.165, 1.54) is 12.8 Å². The van der Waals surface area contributed by atoms with Gasteiger partial charge in [-0.2, -0.15) is 0 Å². The average Bonchev–Trinajstić information content (AvgIpc) is 2.63. The molecule has 4 nitrogen and oxygen atoms in total. The molecule has 0 spiro atoms. The standard InChI is InChI=1S/C15H30N2O2/c1-3-8-13(2)17-14(18)11-19-15(12-16)9-6-4-5-7-10-15/h13H,3-12,16H2,1-2H3,(H,17,18). The molecule has 1 rings (SSSR count). The molecule has 4 heteroatoms. The molecule has 3 N–H and O–H groups in total. The van der Waals surface area contributed by atoms with Gasteiger partial charge in [0.2, 0.25) is 5.91 Å². The first-order valence-corrected chi connectivity index (χ1v) is 7.75. The zero-order valence-corrected chi connectivity index (χ0v) is 12.5. The molecular weight excluding hydrogens is 240 g/mol. The van der Waals surface area contributed by atoms with E-state index in [4.69, 9.17) is 10.5 Å². The van der Waals surface area contributed by atoms with Crippen molar-refractivity contribution >= 4 is 5.91 Å². The maximum atomic E-state index is 11.8. The topological polar surface area (TPSA) is 64.3 Å². The van der Waals surface area contributed by atoms with Crippen molar-refractivity contribution in [2.75, 3.05) is 13.2 Å².